The predicted molar refractivity (Wildman–Crippen MR) is 91.1 cm³/mol. The van der Waals surface area contributed by atoms with E-state index in [1.54, 1.807) is 19.1 Å². The molecular weight excluding hydrogens is 292 g/mol. The van der Waals surface area contributed by atoms with Crippen molar-refractivity contribution >= 4 is 11.8 Å². The van der Waals surface area contributed by atoms with Gasteiger partial charge < -0.3 is 10.2 Å². The molecule has 0 aromatic heterocycles. The van der Waals surface area contributed by atoms with Crippen LogP contribution in [-0.2, 0) is 9.59 Å². The number of unbranched alkanes of at least 4 members (excludes halogenated alkanes) is 1. The lowest BCUT2D eigenvalue weighted by Gasteiger charge is -2.46. The van der Waals surface area contributed by atoms with Crippen LogP contribution in [0.15, 0.2) is 34.9 Å². The third kappa shape index (κ3) is 4.20. The van der Waals surface area contributed by atoms with E-state index in [1.807, 2.05) is 20.8 Å². The van der Waals surface area contributed by atoms with E-state index in [-0.39, 0.29) is 12.2 Å². The van der Waals surface area contributed by atoms with Crippen LogP contribution in [0.3, 0.4) is 0 Å². The van der Waals surface area contributed by atoms with Gasteiger partial charge in [0.05, 0.1) is 0 Å². The van der Waals surface area contributed by atoms with Gasteiger partial charge >= 0.3 is 5.97 Å². The van der Waals surface area contributed by atoms with Crippen molar-refractivity contribution in [3.8, 4) is 0 Å². The van der Waals surface area contributed by atoms with E-state index in [4.69, 9.17) is 5.11 Å². The molecule has 23 heavy (non-hydrogen) atoms. The number of carbonyl (C=O) groups excluding carboxylic acids is 1. The Balaban J connectivity index is 3.31. The lowest BCUT2D eigenvalue weighted by Crippen LogP contribution is -2.49. The van der Waals surface area contributed by atoms with Gasteiger partial charge in [-0.1, -0.05) is 33.3 Å². The summed E-state index contributed by atoms with van der Waals surface area (Å²) in [6.07, 6.45) is 7.21. The predicted octanol–water partition coefficient (Wildman–Crippen LogP) is 3.81. The summed E-state index contributed by atoms with van der Waals surface area (Å²) in [5.74, 6) is -0.912. The standard InChI is InChI=1S/C19H28O4/c1-6-7-8-15-14(3)19(23,18(4,5)12-16(15)20)10-9-13(2)11-17(21)22/h9-11,23H,6-8,12H2,1-5H3,(H,21,22)/b10-9+,13-11-/t19-/m1/s1. The number of carboxylic acid groups (broad SMARTS) is 1. The van der Waals surface area contributed by atoms with Crippen molar-refractivity contribution in [1.82, 2.24) is 0 Å². The Morgan fingerprint density at radius 3 is 2.48 bits per heavy atom. The van der Waals surface area contributed by atoms with Crippen LogP contribution in [0.25, 0.3) is 0 Å². The number of hydrogen-bond acceptors (Lipinski definition) is 3. The van der Waals surface area contributed by atoms with E-state index in [9.17, 15) is 14.7 Å². The van der Waals surface area contributed by atoms with Crippen molar-refractivity contribution in [2.75, 3.05) is 0 Å². The average Bonchev–Trinajstić information content (AvgIpc) is 2.42. The Morgan fingerprint density at radius 1 is 1.35 bits per heavy atom. The van der Waals surface area contributed by atoms with Gasteiger partial charge in [-0.2, -0.15) is 0 Å². The second-order valence-electron chi connectivity index (χ2n) is 7.02. The minimum absolute atomic E-state index is 0.108. The molecule has 4 heteroatoms. The first-order valence-corrected chi connectivity index (χ1v) is 8.11. The number of carboxylic acids is 1. The smallest absolute Gasteiger partial charge is 0.328 e. The molecule has 0 radical (unpaired) electrons. The molecule has 2 N–H and O–H groups in total. The van der Waals surface area contributed by atoms with Crippen molar-refractivity contribution in [3.63, 3.8) is 0 Å². The molecule has 128 valence electrons. The van der Waals surface area contributed by atoms with Crippen LogP contribution < -0.4 is 0 Å². The van der Waals surface area contributed by atoms with Gasteiger partial charge in [-0.25, -0.2) is 4.79 Å². The highest BCUT2D eigenvalue weighted by atomic mass is 16.4. The Kier molecular flexibility index (Phi) is 6.11. The molecule has 0 unspecified atom stereocenters. The van der Waals surface area contributed by atoms with E-state index >= 15 is 0 Å². The minimum Gasteiger partial charge on any atom is -0.478 e. The van der Waals surface area contributed by atoms with Crippen LogP contribution in [0.5, 0.6) is 0 Å². The first-order valence-electron chi connectivity index (χ1n) is 8.11. The highest BCUT2D eigenvalue weighted by Crippen LogP contribution is 2.47. The molecule has 0 fully saturated rings. The summed E-state index contributed by atoms with van der Waals surface area (Å²) < 4.78 is 0. The van der Waals surface area contributed by atoms with Crippen LogP contribution in [0.2, 0.25) is 0 Å². The number of aliphatic hydroxyl groups is 1. The van der Waals surface area contributed by atoms with Gasteiger partial charge in [0.2, 0.25) is 0 Å². The SMILES string of the molecule is CCCCC1=C(C)[C@](O)(/C=C/C(C)=C\C(=O)O)C(C)(C)CC1=O. The fraction of sp³-hybridized carbons (Fsp3) is 0.579. The van der Waals surface area contributed by atoms with Gasteiger partial charge in [-0.15, -0.1) is 0 Å². The molecule has 0 bridgehead atoms. The van der Waals surface area contributed by atoms with Gasteiger partial charge in [0.25, 0.3) is 0 Å². The van der Waals surface area contributed by atoms with Crippen LogP contribution in [0.4, 0.5) is 0 Å². The first kappa shape index (κ1) is 19.4. The Bertz CT molecular complexity index is 578. The maximum Gasteiger partial charge on any atom is 0.328 e. The summed E-state index contributed by atoms with van der Waals surface area (Å²) in [7, 11) is 0. The van der Waals surface area contributed by atoms with Crippen LogP contribution in [0, 0.1) is 5.41 Å². The van der Waals surface area contributed by atoms with E-state index in [2.05, 4.69) is 6.92 Å². The molecule has 0 amide bonds. The summed E-state index contributed by atoms with van der Waals surface area (Å²) in [5.41, 5.74) is 0.0629. The quantitative estimate of drug-likeness (QED) is 0.576. The number of ketones is 1. The summed E-state index contributed by atoms with van der Waals surface area (Å²) in [6, 6.07) is 0. The molecule has 0 aromatic carbocycles. The van der Waals surface area contributed by atoms with E-state index < -0.39 is 17.0 Å². The fourth-order valence-electron chi connectivity index (χ4n) is 3.12. The molecule has 1 aliphatic carbocycles. The lowest BCUT2D eigenvalue weighted by atomic mass is 9.62. The summed E-state index contributed by atoms with van der Waals surface area (Å²) in [6.45, 7) is 9.28. The largest absolute Gasteiger partial charge is 0.478 e. The van der Waals surface area contributed by atoms with Crippen LogP contribution in [0.1, 0.15) is 60.3 Å². The molecule has 4 nitrogen and oxygen atoms in total. The zero-order valence-corrected chi connectivity index (χ0v) is 14.8. The van der Waals surface area contributed by atoms with Gasteiger partial charge in [-0.3, -0.25) is 4.79 Å². The lowest BCUT2D eigenvalue weighted by molar-refractivity contribution is -0.131. The Morgan fingerprint density at radius 2 is 1.96 bits per heavy atom. The number of hydrogen-bond donors (Lipinski definition) is 2. The summed E-state index contributed by atoms with van der Waals surface area (Å²) in [5, 5.41) is 20.1. The number of aliphatic carboxylic acids is 1. The maximum atomic E-state index is 12.4. The normalized spacial score (nSPS) is 25.3. The number of Topliss-reactive ketones (excluding diaryl/α,β-unsaturated/α-hetero) is 1. The molecular formula is C19H28O4. The van der Waals surface area contributed by atoms with E-state index in [0.717, 1.165) is 24.5 Å². The van der Waals surface area contributed by atoms with Gasteiger partial charge in [0, 0.05) is 17.9 Å². The topological polar surface area (TPSA) is 74.6 Å². The molecule has 1 atom stereocenters. The van der Waals surface area contributed by atoms with Crippen LogP contribution in [-0.4, -0.2) is 27.6 Å². The van der Waals surface area contributed by atoms with Crippen molar-refractivity contribution in [3.05, 3.63) is 34.9 Å². The molecule has 0 spiro atoms. The molecule has 0 aliphatic heterocycles. The minimum atomic E-state index is -1.25. The van der Waals surface area contributed by atoms with Gasteiger partial charge in [0.1, 0.15) is 5.60 Å². The van der Waals surface area contributed by atoms with E-state index in [1.165, 1.54) is 0 Å². The van der Waals surface area contributed by atoms with Crippen LogP contribution >= 0.6 is 0 Å². The maximum absolute atomic E-state index is 12.4. The molecule has 0 heterocycles. The molecule has 0 aromatic rings. The summed E-state index contributed by atoms with van der Waals surface area (Å²) in [4.78, 5) is 23.1. The Labute approximate surface area is 138 Å². The molecule has 0 saturated carbocycles. The van der Waals surface area contributed by atoms with Crippen molar-refractivity contribution in [2.24, 2.45) is 5.41 Å². The number of carbonyl (C=O) groups is 2. The number of allylic oxidation sites excluding steroid dienone is 3. The molecule has 1 rings (SSSR count). The third-order valence-electron chi connectivity index (χ3n) is 4.71. The van der Waals surface area contributed by atoms with Gasteiger partial charge in [-0.05, 0) is 49.5 Å². The van der Waals surface area contributed by atoms with Crippen molar-refractivity contribution < 1.29 is 19.8 Å². The molecule has 0 saturated heterocycles. The highest BCUT2D eigenvalue weighted by Gasteiger charge is 2.49. The fourth-order valence-corrected chi connectivity index (χ4v) is 3.12. The van der Waals surface area contributed by atoms with Gasteiger partial charge in [0.15, 0.2) is 5.78 Å². The van der Waals surface area contributed by atoms with Crippen molar-refractivity contribution in [2.45, 2.75) is 65.9 Å². The monoisotopic (exact) mass is 320 g/mol. The zero-order chi connectivity index (χ0) is 17.8. The summed E-state index contributed by atoms with van der Waals surface area (Å²) >= 11 is 0. The van der Waals surface area contributed by atoms with Crippen molar-refractivity contribution in [1.29, 1.82) is 0 Å². The zero-order valence-electron chi connectivity index (χ0n) is 14.8. The highest BCUT2D eigenvalue weighted by molar-refractivity contribution is 5.98. The Hall–Kier alpha value is -1.68. The second kappa shape index (κ2) is 7.26. The molecule has 1 aliphatic rings. The second-order valence-corrected chi connectivity index (χ2v) is 7.02. The number of rotatable bonds is 6. The third-order valence-corrected chi connectivity index (χ3v) is 4.71. The first-order chi connectivity index (χ1) is 10.5. The van der Waals surface area contributed by atoms with E-state index in [0.29, 0.717) is 17.6 Å². The average molecular weight is 320 g/mol.